The van der Waals surface area contributed by atoms with Crippen molar-refractivity contribution in [1.29, 1.82) is 0 Å². The van der Waals surface area contributed by atoms with Crippen LogP contribution in [0.5, 0.6) is 0 Å². The lowest BCUT2D eigenvalue weighted by molar-refractivity contribution is 0.669. The van der Waals surface area contributed by atoms with Crippen molar-refractivity contribution in [2.24, 2.45) is 0 Å². The Morgan fingerprint density at radius 2 is 0.585 bits per heavy atom. The van der Waals surface area contributed by atoms with Gasteiger partial charge in [-0.05, 0) is 126 Å². The lowest BCUT2D eigenvalue weighted by Crippen LogP contribution is -1.96. The number of hydrogen-bond donors (Lipinski definition) is 0. The zero-order valence-corrected chi connectivity index (χ0v) is 50.8. The van der Waals surface area contributed by atoms with Gasteiger partial charge in [0, 0.05) is 60.5 Å². The second-order valence-corrected chi connectivity index (χ2v) is 24.1. The van der Waals surface area contributed by atoms with Crippen LogP contribution in [0.4, 0.5) is 0 Å². The molecule has 14 aromatic carbocycles. The summed E-state index contributed by atoms with van der Waals surface area (Å²) in [6, 6.07) is 115. The summed E-state index contributed by atoms with van der Waals surface area (Å²) in [5.41, 5.74) is 24.1. The molecule has 0 spiro atoms. The van der Waals surface area contributed by atoms with Crippen molar-refractivity contribution in [2.45, 2.75) is 0 Å². The molecule has 0 atom stereocenters. The van der Waals surface area contributed by atoms with Gasteiger partial charge in [0.25, 0.3) is 0 Å². The standard InChI is InChI=1S/C88H54N4O2/c1-3-14-65(15-4-1)87-89-78(61-36-25-56(26-37-61)68-44-31-55-13-7-8-18-67(55)49-68)53-79(90-87)63-40-29-58(30-41-63)70-47-48-83-77(52-70)75-22-11-21-74(86(75)94-83)71-46-33-59-32-45-69(50-72(59)51-71)57-27-38-62(39-28-57)80-54-81(92-88(91-80)66-16-5-2-6-17-66)64-42-34-60(35-43-64)73-20-12-24-84-85(73)76-19-9-10-23-82(76)93-84/h1-54H. The van der Waals surface area contributed by atoms with Crippen molar-refractivity contribution in [2.75, 3.05) is 0 Å². The second-order valence-electron chi connectivity index (χ2n) is 24.1. The van der Waals surface area contributed by atoms with E-state index in [9.17, 15) is 0 Å². The van der Waals surface area contributed by atoms with E-state index in [4.69, 9.17) is 28.8 Å². The molecule has 4 aromatic heterocycles. The summed E-state index contributed by atoms with van der Waals surface area (Å²) in [5, 5.41) is 9.15. The van der Waals surface area contributed by atoms with Gasteiger partial charge < -0.3 is 8.83 Å². The highest BCUT2D eigenvalue weighted by molar-refractivity contribution is 6.13. The molecule has 0 radical (unpaired) electrons. The van der Waals surface area contributed by atoms with E-state index in [1.807, 2.05) is 54.6 Å². The van der Waals surface area contributed by atoms with E-state index < -0.39 is 0 Å². The minimum atomic E-state index is 0.676. The molecule has 0 bridgehead atoms. The van der Waals surface area contributed by atoms with Crippen molar-refractivity contribution < 1.29 is 8.83 Å². The molecule has 0 fully saturated rings. The molecule has 0 aliphatic rings. The monoisotopic (exact) mass is 1200 g/mol. The summed E-state index contributed by atoms with van der Waals surface area (Å²) in [7, 11) is 0. The Bertz CT molecular complexity index is 5940. The van der Waals surface area contributed by atoms with Crippen molar-refractivity contribution in [1.82, 2.24) is 19.9 Å². The van der Waals surface area contributed by atoms with E-state index in [-0.39, 0.29) is 0 Å². The molecule has 18 rings (SSSR count). The molecule has 0 amide bonds. The van der Waals surface area contributed by atoms with E-state index >= 15 is 0 Å². The van der Waals surface area contributed by atoms with Gasteiger partial charge in [-0.1, -0.05) is 273 Å². The normalized spacial score (nSPS) is 11.6. The van der Waals surface area contributed by atoms with Gasteiger partial charge in [0.05, 0.1) is 22.8 Å². The summed E-state index contributed by atoms with van der Waals surface area (Å²) < 4.78 is 13.0. The van der Waals surface area contributed by atoms with Crippen LogP contribution in [-0.2, 0) is 0 Å². The third kappa shape index (κ3) is 9.94. The average molecular weight is 1200 g/mol. The largest absolute Gasteiger partial charge is 0.456 e. The molecule has 0 saturated carbocycles. The highest BCUT2D eigenvalue weighted by atomic mass is 16.3. The van der Waals surface area contributed by atoms with Crippen LogP contribution in [0.25, 0.3) is 189 Å². The Balaban J connectivity index is 0.616. The first-order valence-corrected chi connectivity index (χ1v) is 31.7. The van der Waals surface area contributed by atoms with Crippen molar-refractivity contribution in [3.8, 4) is 123 Å². The first-order chi connectivity index (χ1) is 46.5. The molecule has 94 heavy (non-hydrogen) atoms. The molecule has 18 aromatic rings. The molecule has 0 saturated heterocycles. The van der Waals surface area contributed by atoms with Crippen LogP contribution in [0.15, 0.2) is 336 Å². The van der Waals surface area contributed by atoms with Gasteiger partial charge in [-0.25, -0.2) is 19.9 Å². The van der Waals surface area contributed by atoms with E-state index in [2.05, 4.69) is 273 Å². The number of hydrogen-bond acceptors (Lipinski definition) is 6. The van der Waals surface area contributed by atoms with Crippen LogP contribution in [-0.4, -0.2) is 19.9 Å². The van der Waals surface area contributed by atoms with Crippen molar-refractivity contribution in [3.63, 3.8) is 0 Å². The van der Waals surface area contributed by atoms with Crippen LogP contribution < -0.4 is 0 Å². The fourth-order valence-electron chi connectivity index (χ4n) is 13.4. The minimum Gasteiger partial charge on any atom is -0.456 e. The van der Waals surface area contributed by atoms with E-state index in [1.54, 1.807) is 0 Å². The molecule has 0 aliphatic heterocycles. The Kier molecular flexibility index (Phi) is 13.1. The topological polar surface area (TPSA) is 77.8 Å². The number of benzene rings is 14. The predicted octanol–water partition coefficient (Wildman–Crippen LogP) is 23.7. The maximum absolute atomic E-state index is 6.78. The van der Waals surface area contributed by atoms with E-state index in [0.717, 1.165) is 155 Å². The van der Waals surface area contributed by atoms with Crippen molar-refractivity contribution >= 4 is 65.4 Å². The fraction of sp³-hybridized carbons (Fsp3) is 0. The lowest BCUT2D eigenvalue weighted by atomic mass is 9.95. The molecule has 4 heterocycles. The summed E-state index contributed by atoms with van der Waals surface area (Å²) >= 11 is 0. The quantitative estimate of drug-likeness (QED) is 0.128. The van der Waals surface area contributed by atoms with Gasteiger partial charge in [-0.15, -0.1) is 0 Å². The predicted molar refractivity (Wildman–Crippen MR) is 387 cm³/mol. The molecule has 6 nitrogen and oxygen atoms in total. The summed E-state index contributed by atoms with van der Waals surface area (Å²) in [6.45, 7) is 0. The molecular formula is C88H54N4O2. The second kappa shape index (κ2) is 22.7. The van der Waals surface area contributed by atoms with Crippen LogP contribution in [0, 0.1) is 0 Å². The summed E-state index contributed by atoms with van der Waals surface area (Å²) in [6.07, 6.45) is 0. The third-order valence-electron chi connectivity index (χ3n) is 18.3. The van der Waals surface area contributed by atoms with Gasteiger partial charge >= 0.3 is 0 Å². The first-order valence-electron chi connectivity index (χ1n) is 31.7. The van der Waals surface area contributed by atoms with E-state index in [1.165, 1.54) is 21.7 Å². The smallest absolute Gasteiger partial charge is 0.160 e. The number of rotatable bonds is 11. The Morgan fingerprint density at radius 3 is 1.17 bits per heavy atom. The highest BCUT2D eigenvalue weighted by Gasteiger charge is 2.19. The van der Waals surface area contributed by atoms with Gasteiger partial charge in [-0.3, -0.25) is 0 Å². The SMILES string of the molecule is c1ccc(-c2nc(-c3ccc(-c4ccc5ccccc5c4)cc3)cc(-c3ccc(-c4ccc5oc6c(-c7ccc8ccc(-c9ccc(-c%10cc(-c%11ccc(-c%12cccc%13oc%14ccccc%14c%12%13)cc%11)nc(-c%11ccccc%11)n%10)cc9)cc8c7)cccc6c5c4)cc3)n2)cc1. The Labute approximate surface area is 542 Å². The Hall–Kier alpha value is -12.6. The van der Waals surface area contributed by atoms with Gasteiger partial charge in [-0.2, -0.15) is 0 Å². The van der Waals surface area contributed by atoms with Gasteiger partial charge in [0.2, 0.25) is 0 Å². The first kappa shape index (κ1) is 54.3. The summed E-state index contributed by atoms with van der Waals surface area (Å²) in [4.78, 5) is 20.6. The zero-order chi connectivity index (χ0) is 62.1. The van der Waals surface area contributed by atoms with Crippen LogP contribution in [0.1, 0.15) is 0 Å². The molecular weight excluding hydrogens is 1140 g/mol. The van der Waals surface area contributed by atoms with Crippen LogP contribution >= 0.6 is 0 Å². The molecule has 0 unspecified atom stereocenters. The Morgan fingerprint density at radius 1 is 0.191 bits per heavy atom. The minimum absolute atomic E-state index is 0.676. The maximum atomic E-state index is 6.78. The van der Waals surface area contributed by atoms with E-state index in [0.29, 0.717) is 11.6 Å². The average Bonchev–Trinajstić information content (AvgIpc) is 1.67. The number of para-hydroxylation sites is 2. The molecule has 6 heteroatoms. The maximum Gasteiger partial charge on any atom is 0.160 e. The lowest BCUT2D eigenvalue weighted by Gasteiger charge is -2.11. The molecule has 0 aliphatic carbocycles. The molecule has 438 valence electrons. The number of aromatic nitrogens is 4. The fourth-order valence-corrected chi connectivity index (χ4v) is 13.4. The van der Waals surface area contributed by atoms with Gasteiger partial charge in [0.15, 0.2) is 11.6 Å². The number of furan rings is 2. The number of fused-ring (bicyclic) bond motifs is 8. The van der Waals surface area contributed by atoms with Crippen LogP contribution in [0.3, 0.4) is 0 Å². The molecule has 0 N–H and O–H groups in total. The summed E-state index contributed by atoms with van der Waals surface area (Å²) in [5.74, 6) is 1.36. The zero-order valence-electron chi connectivity index (χ0n) is 50.8. The van der Waals surface area contributed by atoms with Crippen LogP contribution in [0.2, 0.25) is 0 Å². The number of nitrogens with zero attached hydrogens (tertiary/aromatic N) is 4. The third-order valence-corrected chi connectivity index (χ3v) is 18.3. The van der Waals surface area contributed by atoms with Crippen molar-refractivity contribution in [3.05, 3.63) is 328 Å². The highest BCUT2D eigenvalue weighted by Crippen LogP contribution is 2.42. The van der Waals surface area contributed by atoms with Gasteiger partial charge in [0.1, 0.15) is 22.3 Å².